The third-order valence-corrected chi connectivity index (χ3v) is 3.48. The number of carboxylic acid groups (broad SMARTS) is 1. The van der Waals surface area contributed by atoms with Crippen molar-refractivity contribution in [3.05, 3.63) is 65.2 Å². The van der Waals surface area contributed by atoms with Crippen LogP contribution in [-0.2, 0) is 4.79 Å². The van der Waals surface area contributed by atoms with Gasteiger partial charge < -0.3 is 5.11 Å². The lowest BCUT2D eigenvalue weighted by atomic mass is 10.00. The van der Waals surface area contributed by atoms with Crippen LogP contribution in [0.4, 0.5) is 0 Å². The smallest absolute Gasteiger partial charge is 0.328 e. The van der Waals surface area contributed by atoms with Crippen LogP contribution in [0.15, 0.2) is 54.6 Å². The van der Waals surface area contributed by atoms with Crippen LogP contribution in [0.2, 0.25) is 5.02 Å². The largest absolute Gasteiger partial charge is 0.478 e. The summed E-state index contributed by atoms with van der Waals surface area (Å²) in [5, 5.41) is 13.8. The molecule has 3 aromatic carbocycles. The van der Waals surface area contributed by atoms with Crippen molar-refractivity contribution in [3.8, 4) is 0 Å². The van der Waals surface area contributed by atoms with Gasteiger partial charge in [0.25, 0.3) is 0 Å². The number of rotatable bonds is 2. The molecule has 0 aromatic heterocycles. The van der Waals surface area contributed by atoms with Gasteiger partial charge in [-0.1, -0.05) is 41.9 Å². The lowest BCUT2D eigenvalue weighted by Gasteiger charge is -2.05. The van der Waals surface area contributed by atoms with Crippen LogP contribution < -0.4 is 0 Å². The summed E-state index contributed by atoms with van der Waals surface area (Å²) < 4.78 is 0. The molecule has 0 unspecified atom stereocenters. The van der Waals surface area contributed by atoms with Crippen LogP contribution >= 0.6 is 11.6 Å². The number of carbonyl (C=O) groups is 1. The first-order chi connectivity index (χ1) is 9.63. The van der Waals surface area contributed by atoms with Gasteiger partial charge in [0, 0.05) is 11.1 Å². The number of hydrogen-bond acceptors (Lipinski definition) is 1. The first kappa shape index (κ1) is 12.7. The Bertz CT molecular complexity index is 850. The minimum Gasteiger partial charge on any atom is -0.478 e. The summed E-state index contributed by atoms with van der Waals surface area (Å²) in [4.78, 5) is 10.5. The fraction of sp³-hybridized carbons (Fsp3) is 0. The summed E-state index contributed by atoms with van der Waals surface area (Å²) in [6.45, 7) is 0. The molecule has 3 aromatic rings. The molecular formula is C17H11ClO2. The molecule has 1 N–H and O–H groups in total. The van der Waals surface area contributed by atoms with Gasteiger partial charge in [-0.15, -0.1) is 0 Å². The summed E-state index contributed by atoms with van der Waals surface area (Å²) in [6, 6.07) is 15.8. The summed E-state index contributed by atoms with van der Waals surface area (Å²) in [5.41, 5.74) is 0.869. The van der Waals surface area contributed by atoms with Crippen molar-refractivity contribution in [2.24, 2.45) is 0 Å². The molecule has 0 amide bonds. The maximum atomic E-state index is 10.5. The molecule has 0 radical (unpaired) electrons. The predicted octanol–water partition coefficient (Wildman–Crippen LogP) is 4.74. The summed E-state index contributed by atoms with van der Waals surface area (Å²) in [6.07, 6.45) is 2.73. The van der Waals surface area contributed by atoms with Crippen molar-refractivity contribution in [1.29, 1.82) is 0 Å². The average molecular weight is 283 g/mol. The average Bonchev–Trinajstić information content (AvgIpc) is 2.44. The van der Waals surface area contributed by atoms with Crippen molar-refractivity contribution >= 4 is 45.2 Å². The van der Waals surface area contributed by atoms with E-state index in [1.165, 1.54) is 0 Å². The minimum absolute atomic E-state index is 0.720. The van der Waals surface area contributed by atoms with E-state index in [0.717, 1.165) is 38.2 Å². The highest BCUT2D eigenvalue weighted by Crippen LogP contribution is 2.28. The van der Waals surface area contributed by atoms with Crippen molar-refractivity contribution in [3.63, 3.8) is 0 Å². The molecular weight excluding hydrogens is 272 g/mol. The van der Waals surface area contributed by atoms with Crippen LogP contribution in [0.5, 0.6) is 0 Å². The van der Waals surface area contributed by atoms with Gasteiger partial charge in [-0.3, -0.25) is 0 Å². The summed E-state index contributed by atoms with van der Waals surface area (Å²) in [7, 11) is 0. The number of halogens is 1. The van der Waals surface area contributed by atoms with E-state index in [0.29, 0.717) is 0 Å². The molecule has 20 heavy (non-hydrogen) atoms. The van der Waals surface area contributed by atoms with Crippen LogP contribution in [0.25, 0.3) is 27.6 Å². The summed E-state index contributed by atoms with van der Waals surface area (Å²) in [5.74, 6) is -0.946. The normalized spacial score (nSPS) is 11.4. The van der Waals surface area contributed by atoms with E-state index in [4.69, 9.17) is 16.7 Å². The molecule has 0 saturated heterocycles. The van der Waals surface area contributed by atoms with Gasteiger partial charge in [0.2, 0.25) is 0 Å². The molecule has 3 rings (SSSR count). The van der Waals surface area contributed by atoms with E-state index in [9.17, 15) is 4.79 Å². The van der Waals surface area contributed by atoms with E-state index in [1.54, 1.807) is 6.08 Å². The highest BCUT2D eigenvalue weighted by molar-refractivity contribution is 6.31. The van der Waals surface area contributed by atoms with E-state index >= 15 is 0 Å². The first-order valence-corrected chi connectivity index (χ1v) is 6.54. The molecule has 0 saturated carbocycles. The number of fused-ring (bicyclic) bond motifs is 3. The fourth-order valence-corrected chi connectivity index (χ4v) is 2.51. The first-order valence-electron chi connectivity index (χ1n) is 6.16. The predicted molar refractivity (Wildman–Crippen MR) is 83.1 cm³/mol. The zero-order chi connectivity index (χ0) is 14.1. The Kier molecular flexibility index (Phi) is 3.17. The third kappa shape index (κ3) is 2.38. The van der Waals surface area contributed by atoms with Crippen LogP contribution in [0.1, 0.15) is 5.56 Å². The molecule has 0 spiro atoms. The second-order valence-electron chi connectivity index (χ2n) is 4.58. The Morgan fingerprint density at radius 1 is 0.950 bits per heavy atom. The quantitative estimate of drug-likeness (QED) is 0.544. The van der Waals surface area contributed by atoms with Crippen LogP contribution in [0, 0.1) is 0 Å². The Morgan fingerprint density at radius 2 is 1.60 bits per heavy atom. The Morgan fingerprint density at radius 3 is 2.30 bits per heavy atom. The lowest BCUT2D eigenvalue weighted by Crippen LogP contribution is -1.86. The van der Waals surface area contributed by atoms with Crippen molar-refractivity contribution in [2.45, 2.75) is 0 Å². The van der Waals surface area contributed by atoms with Gasteiger partial charge in [0.1, 0.15) is 0 Å². The molecule has 0 atom stereocenters. The Balaban J connectivity index is 2.19. The molecule has 3 heteroatoms. The molecule has 0 aliphatic carbocycles. The maximum Gasteiger partial charge on any atom is 0.328 e. The van der Waals surface area contributed by atoms with Gasteiger partial charge in [0.15, 0.2) is 0 Å². The molecule has 0 heterocycles. The topological polar surface area (TPSA) is 37.3 Å². The van der Waals surface area contributed by atoms with Gasteiger partial charge in [-0.25, -0.2) is 4.79 Å². The van der Waals surface area contributed by atoms with E-state index < -0.39 is 5.97 Å². The Labute approximate surface area is 120 Å². The molecule has 0 aliphatic rings. The number of benzene rings is 3. The van der Waals surface area contributed by atoms with E-state index in [-0.39, 0.29) is 0 Å². The lowest BCUT2D eigenvalue weighted by molar-refractivity contribution is -0.131. The number of aliphatic carboxylic acids is 1. The minimum atomic E-state index is -0.946. The van der Waals surface area contributed by atoms with Crippen LogP contribution in [-0.4, -0.2) is 11.1 Å². The molecule has 2 nitrogen and oxygen atoms in total. The number of carboxylic acids is 1. The second kappa shape index (κ2) is 4.99. The fourth-order valence-electron chi connectivity index (χ4n) is 2.33. The monoisotopic (exact) mass is 282 g/mol. The highest BCUT2D eigenvalue weighted by Gasteiger charge is 2.02. The second-order valence-corrected chi connectivity index (χ2v) is 5.02. The standard InChI is InChI=1S/C17H11ClO2/c18-14-5-7-16-13(10-14)4-3-12-9-11(1-6-15(12)16)2-8-17(19)20/h1-10H,(H,19,20). The maximum absolute atomic E-state index is 10.5. The zero-order valence-corrected chi connectivity index (χ0v) is 11.3. The van der Waals surface area contributed by atoms with Crippen molar-refractivity contribution in [2.75, 3.05) is 0 Å². The number of hydrogen-bond donors (Lipinski definition) is 1. The summed E-state index contributed by atoms with van der Waals surface area (Å²) >= 11 is 6.00. The van der Waals surface area contributed by atoms with Crippen molar-refractivity contribution < 1.29 is 9.90 Å². The van der Waals surface area contributed by atoms with E-state index in [2.05, 4.69) is 0 Å². The third-order valence-electron chi connectivity index (χ3n) is 3.24. The van der Waals surface area contributed by atoms with Gasteiger partial charge in [-0.05, 0) is 51.4 Å². The zero-order valence-electron chi connectivity index (χ0n) is 10.5. The highest BCUT2D eigenvalue weighted by atomic mass is 35.5. The van der Waals surface area contributed by atoms with Gasteiger partial charge >= 0.3 is 5.97 Å². The molecule has 0 bridgehead atoms. The molecule has 98 valence electrons. The molecule has 0 fully saturated rings. The van der Waals surface area contributed by atoms with Crippen molar-refractivity contribution in [1.82, 2.24) is 0 Å². The Hall–Kier alpha value is -2.32. The van der Waals surface area contributed by atoms with Gasteiger partial charge in [0.05, 0.1) is 0 Å². The van der Waals surface area contributed by atoms with E-state index in [1.807, 2.05) is 48.5 Å². The van der Waals surface area contributed by atoms with Gasteiger partial charge in [-0.2, -0.15) is 0 Å². The molecule has 0 aliphatic heterocycles. The SMILES string of the molecule is O=C(O)C=Cc1ccc2c(ccc3cc(Cl)ccc32)c1. The van der Waals surface area contributed by atoms with Crippen LogP contribution in [0.3, 0.4) is 0 Å².